The summed E-state index contributed by atoms with van der Waals surface area (Å²) in [4.78, 5) is 35.7. The third-order valence-corrected chi connectivity index (χ3v) is 4.85. The summed E-state index contributed by atoms with van der Waals surface area (Å²) in [6.07, 6.45) is 0. The Kier molecular flexibility index (Phi) is 4.65. The number of aromatic hydroxyl groups is 1. The van der Waals surface area contributed by atoms with E-state index in [9.17, 15) is 33.4 Å². The van der Waals surface area contributed by atoms with Gasteiger partial charge in [-0.2, -0.15) is 0 Å². The molecule has 4 rings (SSSR count). The van der Waals surface area contributed by atoms with Crippen molar-refractivity contribution in [2.24, 2.45) is 0 Å². The lowest BCUT2D eigenvalue weighted by molar-refractivity contribution is 0.0697. The van der Waals surface area contributed by atoms with Gasteiger partial charge in [0.05, 0.1) is 5.56 Å². The summed E-state index contributed by atoms with van der Waals surface area (Å²) < 4.78 is 33.9. The Balaban J connectivity index is 2.19. The molecule has 2 aromatic rings. The molecule has 1 aliphatic carbocycles. The van der Waals surface area contributed by atoms with E-state index in [4.69, 9.17) is 4.42 Å². The molecule has 1 aliphatic heterocycles. The minimum atomic E-state index is -1.39. The van der Waals surface area contributed by atoms with Crippen molar-refractivity contribution < 1.29 is 33.0 Å². The van der Waals surface area contributed by atoms with Crippen LogP contribution in [0.25, 0.3) is 33.4 Å². The van der Waals surface area contributed by atoms with Crippen molar-refractivity contribution >= 4 is 22.8 Å². The average Bonchev–Trinajstić information content (AvgIpc) is 2.73. The zero-order valence-electron chi connectivity index (χ0n) is 15.8. The molecule has 0 aromatic heterocycles. The summed E-state index contributed by atoms with van der Waals surface area (Å²) in [7, 11) is 1.38. The van der Waals surface area contributed by atoms with Crippen molar-refractivity contribution in [2.75, 3.05) is 7.05 Å². The van der Waals surface area contributed by atoms with E-state index in [2.05, 4.69) is 5.32 Å². The number of rotatable bonds is 3. The lowest BCUT2D eigenvalue weighted by Crippen LogP contribution is -2.18. The van der Waals surface area contributed by atoms with Crippen LogP contribution in [0.1, 0.15) is 20.7 Å². The van der Waals surface area contributed by atoms with Gasteiger partial charge in [0.1, 0.15) is 11.3 Å². The first-order valence-corrected chi connectivity index (χ1v) is 8.89. The minimum absolute atomic E-state index is 0.0184. The number of carboxylic acid groups (broad SMARTS) is 1. The summed E-state index contributed by atoms with van der Waals surface area (Å²) in [6, 6.07) is 7.47. The lowest BCUT2D eigenvalue weighted by Gasteiger charge is -2.17. The van der Waals surface area contributed by atoms with E-state index in [1.165, 1.54) is 19.2 Å². The number of phenols is 1. The molecule has 0 bridgehead atoms. The second-order valence-electron chi connectivity index (χ2n) is 6.70. The molecular formula is C22H13F2NO6. The summed E-state index contributed by atoms with van der Waals surface area (Å²) in [5.74, 6) is -4.84. The smallest absolute Gasteiger partial charge is 0.336 e. The van der Waals surface area contributed by atoms with Crippen LogP contribution in [-0.4, -0.2) is 29.1 Å². The standard InChI is InChI=1S/C22H13F2NO6/c1-25-21(28)9-2-3-10(11(4-9)22(29)30)20-12-5-14(23)16(26)7-18(12)31-19-8-17(27)15(24)6-13(19)20/h2-8,26H,1H3,(H,25,28)(H,29,30). The van der Waals surface area contributed by atoms with E-state index >= 15 is 0 Å². The number of benzene rings is 3. The van der Waals surface area contributed by atoms with Crippen LogP contribution >= 0.6 is 0 Å². The van der Waals surface area contributed by atoms with Crippen molar-refractivity contribution in [3.05, 3.63) is 75.4 Å². The molecule has 7 nitrogen and oxygen atoms in total. The minimum Gasteiger partial charge on any atom is -0.505 e. The van der Waals surface area contributed by atoms with Crippen LogP contribution < -0.4 is 10.7 Å². The molecule has 0 spiro atoms. The van der Waals surface area contributed by atoms with Crippen LogP contribution in [0.4, 0.5) is 8.78 Å². The van der Waals surface area contributed by atoms with E-state index in [0.29, 0.717) is 0 Å². The number of phenolic OH excluding ortho intramolecular Hbond substituents is 1. The van der Waals surface area contributed by atoms with Crippen LogP contribution in [0.2, 0.25) is 0 Å². The Morgan fingerprint density at radius 2 is 1.74 bits per heavy atom. The summed E-state index contributed by atoms with van der Waals surface area (Å²) >= 11 is 0. The van der Waals surface area contributed by atoms with E-state index in [-0.39, 0.29) is 44.5 Å². The fourth-order valence-electron chi connectivity index (χ4n) is 3.42. The van der Waals surface area contributed by atoms with Crippen molar-refractivity contribution in [3.63, 3.8) is 0 Å². The number of aromatic carboxylic acids is 1. The molecule has 0 unspecified atom stereocenters. The molecule has 1 amide bonds. The van der Waals surface area contributed by atoms with Gasteiger partial charge in [-0.15, -0.1) is 0 Å². The van der Waals surface area contributed by atoms with Gasteiger partial charge in [-0.3, -0.25) is 9.59 Å². The number of amides is 1. The zero-order valence-corrected chi connectivity index (χ0v) is 15.8. The second kappa shape index (κ2) is 7.21. The van der Waals surface area contributed by atoms with E-state index in [1.54, 1.807) is 0 Å². The number of fused-ring (bicyclic) bond motifs is 2. The molecule has 156 valence electrons. The second-order valence-corrected chi connectivity index (χ2v) is 6.70. The Morgan fingerprint density at radius 1 is 1.00 bits per heavy atom. The normalized spacial score (nSPS) is 11.1. The van der Waals surface area contributed by atoms with Gasteiger partial charge in [-0.05, 0) is 29.8 Å². The number of carbonyl (C=O) groups is 2. The van der Waals surface area contributed by atoms with Crippen LogP contribution in [0.15, 0.2) is 51.7 Å². The molecule has 0 saturated carbocycles. The predicted molar refractivity (Wildman–Crippen MR) is 106 cm³/mol. The number of hydrogen-bond acceptors (Lipinski definition) is 5. The first-order chi connectivity index (χ1) is 14.7. The first-order valence-electron chi connectivity index (χ1n) is 8.89. The first kappa shape index (κ1) is 20.0. The molecule has 0 atom stereocenters. The highest BCUT2D eigenvalue weighted by atomic mass is 19.1. The van der Waals surface area contributed by atoms with Gasteiger partial charge < -0.3 is 19.9 Å². The maximum Gasteiger partial charge on any atom is 0.336 e. The molecule has 0 fully saturated rings. The van der Waals surface area contributed by atoms with Crippen molar-refractivity contribution in [3.8, 4) is 28.2 Å². The third kappa shape index (κ3) is 3.25. The fourth-order valence-corrected chi connectivity index (χ4v) is 3.42. The van der Waals surface area contributed by atoms with Gasteiger partial charge in [0, 0.05) is 41.3 Å². The highest BCUT2D eigenvalue weighted by molar-refractivity contribution is 6.09. The number of carboxylic acids is 1. The molecule has 2 aliphatic rings. The highest BCUT2D eigenvalue weighted by Gasteiger charge is 2.25. The molecule has 0 saturated heterocycles. The summed E-state index contributed by atoms with van der Waals surface area (Å²) in [6.45, 7) is 0. The Morgan fingerprint density at radius 3 is 2.42 bits per heavy atom. The fraction of sp³-hybridized carbons (Fsp3) is 0.0455. The largest absolute Gasteiger partial charge is 0.505 e. The molecule has 2 aromatic carbocycles. The lowest BCUT2D eigenvalue weighted by atomic mass is 9.89. The number of hydrogen-bond donors (Lipinski definition) is 3. The van der Waals surface area contributed by atoms with Gasteiger partial charge >= 0.3 is 5.97 Å². The molecule has 0 radical (unpaired) electrons. The topological polar surface area (TPSA) is 117 Å². The van der Waals surface area contributed by atoms with Crippen molar-refractivity contribution in [1.82, 2.24) is 5.32 Å². The number of halogens is 2. The molecule has 1 heterocycles. The molecule has 3 N–H and O–H groups in total. The van der Waals surface area contributed by atoms with Gasteiger partial charge in [0.25, 0.3) is 5.91 Å². The van der Waals surface area contributed by atoms with Crippen molar-refractivity contribution in [1.29, 1.82) is 0 Å². The van der Waals surface area contributed by atoms with Gasteiger partial charge in [-0.1, -0.05) is 6.07 Å². The maximum absolute atomic E-state index is 14.2. The molecule has 9 heteroatoms. The van der Waals surface area contributed by atoms with E-state index in [1.807, 2.05) is 0 Å². The molecular weight excluding hydrogens is 412 g/mol. The van der Waals surface area contributed by atoms with Crippen LogP contribution in [0.5, 0.6) is 5.75 Å². The molecule has 31 heavy (non-hydrogen) atoms. The number of nitrogens with one attached hydrogen (secondary N) is 1. The van der Waals surface area contributed by atoms with Crippen molar-refractivity contribution in [2.45, 2.75) is 0 Å². The van der Waals surface area contributed by atoms with Gasteiger partial charge in [0.2, 0.25) is 5.43 Å². The Hall–Kier alpha value is -4.27. The summed E-state index contributed by atoms with van der Waals surface area (Å²) in [5, 5.41) is 21.9. The summed E-state index contributed by atoms with van der Waals surface area (Å²) in [5.41, 5.74) is -1.14. The van der Waals surface area contributed by atoms with Gasteiger partial charge in [0.15, 0.2) is 17.4 Å². The quantitative estimate of drug-likeness (QED) is 0.432. The van der Waals surface area contributed by atoms with Crippen LogP contribution in [-0.2, 0) is 0 Å². The monoisotopic (exact) mass is 425 g/mol. The Bertz CT molecular complexity index is 1430. The predicted octanol–water partition coefficient (Wildman–Crippen LogP) is 3.61. The third-order valence-electron chi connectivity index (χ3n) is 4.85. The van der Waals surface area contributed by atoms with Crippen LogP contribution in [0, 0.1) is 11.6 Å². The van der Waals surface area contributed by atoms with Gasteiger partial charge in [-0.25, -0.2) is 13.6 Å². The average molecular weight is 425 g/mol. The zero-order chi connectivity index (χ0) is 22.4. The highest BCUT2D eigenvalue weighted by Crippen LogP contribution is 2.43. The maximum atomic E-state index is 14.2. The van der Waals surface area contributed by atoms with E-state index in [0.717, 1.165) is 30.3 Å². The van der Waals surface area contributed by atoms with Crippen LogP contribution in [0.3, 0.4) is 0 Å². The number of carbonyl (C=O) groups excluding carboxylic acids is 1. The van der Waals surface area contributed by atoms with E-state index < -0.39 is 34.7 Å². The SMILES string of the molecule is CNC(=O)c1ccc(-c2c3cc(F)c(=O)cc-3oc3cc(O)c(F)cc23)c(C(=O)O)c1. The Labute approximate surface area is 172 Å².